The first kappa shape index (κ1) is 19.4. The summed E-state index contributed by atoms with van der Waals surface area (Å²) in [7, 11) is 0. The third kappa shape index (κ3) is 4.57. The van der Waals surface area contributed by atoms with Crippen LogP contribution in [0.25, 0.3) is 11.1 Å². The van der Waals surface area contributed by atoms with Crippen molar-refractivity contribution in [1.29, 1.82) is 0 Å². The van der Waals surface area contributed by atoms with E-state index in [2.05, 4.69) is 37.3 Å². The van der Waals surface area contributed by atoms with Gasteiger partial charge in [0.1, 0.15) is 5.82 Å². The summed E-state index contributed by atoms with van der Waals surface area (Å²) in [5, 5.41) is 0. The normalized spacial score (nSPS) is 25.0. The number of rotatable bonds is 5. The molecule has 1 heteroatoms. The van der Waals surface area contributed by atoms with E-state index in [1.807, 2.05) is 12.1 Å². The van der Waals surface area contributed by atoms with Crippen LogP contribution in [0.3, 0.4) is 0 Å². The first-order chi connectivity index (χ1) is 13.7. The maximum absolute atomic E-state index is 13.2. The molecule has 2 aromatic rings. The molecule has 2 aromatic carbocycles. The number of hydrogen-bond acceptors (Lipinski definition) is 0. The van der Waals surface area contributed by atoms with Crippen molar-refractivity contribution in [3.63, 3.8) is 0 Å². The van der Waals surface area contributed by atoms with Gasteiger partial charge in [0.2, 0.25) is 0 Å². The summed E-state index contributed by atoms with van der Waals surface area (Å²) in [6.07, 6.45) is 16.7. The molecule has 1 atom stereocenters. The Hall–Kier alpha value is -1.89. The molecule has 28 heavy (non-hydrogen) atoms. The Labute approximate surface area is 169 Å². The van der Waals surface area contributed by atoms with Gasteiger partial charge < -0.3 is 0 Å². The molecule has 0 spiro atoms. The van der Waals surface area contributed by atoms with Crippen LogP contribution in [0.1, 0.15) is 63.0 Å². The molecule has 148 valence electrons. The van der Waals surface area contributed by atoms with E-state index in [-0.39, 0.29) is 5.82 Å². The number of benzene rings is 2. The maximum Gasteiger partial charge on any atom is 0.123 e. The minimum Gasteiger partial charge on any atom is -0.207 e. The first-order valence-corrected chi connectivity index (χ1v) is 11.2. The molecule has 0 radical (unpaired) electrons. The van der Waals surface area contributed by atoms with Crippen LogP contribution >= 0.6 is 0 Å². The highest BCUT2D eigenvalue weighted by atomic mass is 19.1. The third-order valence-electron chi connectivity index (χ3n) is 7.19. The number of fused-ring (bicyclic) bond motifs is 1. The lowest BCUT2D eigenvalue weighted by Crippen LogP contribution is -2.26. The van der Waals surface area contributed by atoms with Gasteiger partial charge in [-0.2, -0.15) is 0 Å². The molecule has 0 amide bonds. The molecular formula is C27H33F. The summed E-state index contributed by atoms with van der Waals surface area (Å²) in [4.78, 5) is 0. The average molecular weight is 377 g/mol. The second-order valence-electron chi connectivity index (χ2n) is 8.92. The summed E-state index contributed by atoms with van der Waals surface area (Å²) in [5.41, 5.74) is 5.40. The highest BCUT2D eigenvalue weighted by molar-refractivity contribution is 5.65. The van der Waals surface area contributed by atoms with Gasteiger partial charge in [0.05, 0.1) is 0 Å². The van der Waals surface area contributed by atoms with Gasteiger partial charge in [0, 0.05) is 0 Å². The van der Waals surface area contributed by atoms with Gasteiger partial charge in [-0.25, -0.2) is 4.39 Å². The van der Waals surface area contributed by atoms with Gasteiger partial charge in [0.15, 0.2) is 0 Å². The van der Waals surface area contributed by atoms with Crippen molar-refractivity contribution in [3.8, 4) is 11.1 Å². The monoisotopic (exact) mass is 376 g/mol. The number of aryl methyl sites for hydroxylation is 1. The number of halogens is 1. The highest BCUT2D eigenvalue weighted by Gasteiger charge is 2.30. The highest BCUT2D eigenvalue weighted by Crippen LogP contribution is 2.41. The van der Waals surface area contributed by atoms with E-state index in [4.69, 9.17) is 0 Å². The van der Waals surface area contributed by atoms with Crippen LogP contribution in [0.4, 0.5) is 4.39 Å². The smallest absolute Gasteiger partial charge is 0.123 e. The molecule has 0 N–H and O–H groups in total. The van der Waals surface area contributed by atoms with Crippen molar-refractivity contribution >= 4 is 0 Å². The fourth-order valence-electron chi connectivity index (χ4n) is 5.45. The van der Waals surface area contributed by atoms with Crippen molar-refractivity contribution < 1.29 is 4.39 Å². The summed E-state index contributed by atoms with van der Waals surface area (Å²) in [5.74, 6) is 2.60. The lowest BCUT2D eigenvalue weighted by molar-refractivity contribution is 0.185. The maximum atomic E-state index is 13.2. The van der Waals surface area contributed by atoms with Gasteiger partial charge in [-0.1, -0.05) is 55.3 Å². The zero-order valence-corrected chi connectivity index (χ0v) is 17.2. The Morgan fingerprint density at radius 3 is 2.36 bits per heavy atom. The molecule has 0 bridgehead atoms. The minimum atomic E-state index is -0.166. The van der Waals surface area contributed by atoms with Crippen molar-refractivity contribution in [2.24, 2.45) is 17.8 Å². The minimum absolute atomic E-state index is 0.166. The molecule has 1 unspecified atom stereocenters. The van der Waals surface area contributed by atoms with Crippen LogP contribution in [0.2, 0.25) is 0 Å². The van der Waals surface area contributed by atoms with E-state index in [0.717, 1.165) is 23.3 Å². The second-order valence-corrected chi connectivity index (χ2v) is 8.92. The van der Waals surface area contributed by atoms with Crippen molar-refractivity contribution in [3.05, 3.63) is 71.6 Å². The summed E-state index contributed by atoms with van der Waals surface area (Å²) >= 11 is 0. The number of allylic oxidation sites excluding steroid dienone is 2. The van der Waals surface area contributed by atoms with Gasteiger partial charge in [0.25, 0.3) is 0 Å². The molecule has 2 aliphatic rings. The number of hydrogen-bond donors (Lipinski definition) is 0. The van der Waals surface area contributed by atoms with E-state index in [1.54, 1.807) is 17.7 Å². The van der Waals surface area contributed by atoms with Gasteiger partial charge >= 0.3 is 0 Å². The summed E-state index contributed by atoms with van der Waals surface area (Å²) in [6.45, 7) is 2.13. The Balaban J connectivity index is 1.36. The van der Waals surface area contributed by atoms with Crippen molar-refractivity contribution in [2.75, 3.05) is 0 Å². The Bertz CT molecular complexity index is 794. The quantitative estimate of drug-likeness (QED) is 0.468. The van der Waals surface area contributed by atoms with Crippen LogP contribution < -0.4 is 0 Å². The third-order valence-corrected chi connectivity index (χ3v) is 7.19. The molecule has 0 aliphatic heterocycles. The largest absolute Gasteiger partial charge is 0.207 e. The van der Waals surface area contributed by atoms with Gasteiger partial charge in [-0.05, 0) is 104 Å². The Morgan fingerprint density at radius 1 is 0.857 bits per heavy atom. The van der Waals surface area contributed by atoms with Crippen LogP contribution in [-0.2, 0) is 12.8 Å². The fraction of sp³-hybridized carbons (Fsp3) is 0.481. The summed E-state index contributed by atoms with van der Waals surface area (Å²) in [6, 6.07) is 13.8. The van der Waals surface area contributed by atoms with E-state index in [0.29, 0.717) is 0 Å². The van der Waals surface area contributed by atoms with Crippen LogP contribution in [-0.4, -0.2) is 0 Å². The van der Waals surface area contributed by atoms with Gasteiger partial charge in [-0.15, -0.1) is 0 Å². The molecule has 0 saturated heterocycles. The predicted octanol–water partition coefficient (Wildman–Crippen LogP) is 7.76. The molecule has 1 saturated carbocycles. The molecular weight excluding hydrogens is 343 g/mol. The fourth-order valence-corrected chi connectivity index (χ4v) is 5.45. The zero-order valence-electron chi connectivity index (χ0n) is 17.2. The molecule has 2 aliphatic carbocycles. The molecule has 4 rings (SSSR count). The Morgan fingerprint density at radius 2 is 1.61 bits per heavy atom. The molecule has 0 aromatic heterocycles. The molecule has 0 nitrogen and oxygen atoms in total. The first-order valence-electron chi connectivity index (χ1n) is 11.2. The SMILES string of the molecule is C/C=C/CCC1CCC(C2CCc3cc(-c4ccc(F)cc4)ccc3C2)CC1. The average Bonchev–Trinajstić information content (AvgIpc) is 2.74. The molecule has 1 fully saturated rings. The predicted molar refractivity (Wildman–Crippen MR) is 117 cm³/mol. The van der Waals surface area contributed by atoms with Crippen molar-refractivity contribution in [2.45, 2.75) is 64.7 Å². The Kier molecular flexibility index (Phi) is 6.29. The van der Waals surface area contributed by atoms with E-state index in [1.165, 1.54) is 68.9 Å². The van der Waals surface area contributed by atoms with Crippen molar-refractivity contribution in [1.82, 2.24) is 0 Å². The molecule has 0 heterocycles. The topological polar surface area (TPSA) is 0 Å². The lowest BCUT2D eigenvalue weighted by atomic mass is 9.69. The standard InChI is InChI=1S/C27H33F/c1-2-3-4-5-20-6-8-21(9-7-20)23-10-12-26-19-24(11-13-25(26)18-23)22-14-16-27(28)17-15-22/h2-3,11,13-17,19-21,23H,4-10,12,18H2,1H3/b3-2+. The summed E-state index contributed by atoms with van der Waals surface area (Å²) < 4.78 is 13.2. The van der Waals surface area contributed by atoms with Crippen LogP contribution in [0.5, 0.6) is 0 Å². The van der Waals surface area contributed by atoms with Crippen LogP contribution in [0.15, 0.2) is 54.6 Å². The van der Waals surface area contributed by atoms with E-state index >= 15 is 0 Å². The van der Waals surface area contributed by atoms with E-state index < -0.39 is 0 Å². The van der Waals surface area contributed by atoms with Crippen LogP contribution in [0, 0.1) is 23.6 Å². The van der Waals surface area contributed by atoms with E-state index in [9.17, 15) is 4.39 Å². The second kappa shape index (κ2) is 9.07. The lowest BCUT2D eigenvalue weighted by Gasteiger charge is -2.36. The van der Waals surface area contributed by atoms with Gasteiger partial charge in [-0.3, -0.25) is 0 Å². The zero-order chi connectivity index (χ0) is 19.3.